The van der Waals surface area contributed by atoms with E-state index < -0.39 is 0 Å². The van der Waals surface area contributed by atoms with Crippen LogP contribution in [0.2, 0.25) is 0 Å². The topological polar surface area (TPSA) is 78.3 Å². The van der Waals surface area contributed by atoms with Gasteiger partial charge in [-0.25, -0.2) is 0 Å². The highest BCUT2D eigenvalue weighted by atomic mass is 32.2. The van der Waals surface area contributed by atoms with E-state index >= 15 is 0 Å². The number of aryl methyl sites for hydroxylation is 2. The molecule has 0 unspecified atom stereocenters. The zero-order valence-corrected chi connectivity index (χ0v) is 22.2. The molecule has 192 valence electrons. The number of nitrogens with one attached hydrogen (secondary N) is 1. The largest absolute Gasteiger partial charge is 0.493 e. The molecule has 0 aliphatic heterocycles. The summed E-state index contributed by atoms with van der Waals surface area (Å²) in [4.78, 5) is 12.9. The Hall–Kier alpha value is -3.78. The van der Waals surface area contributed by atoms with Gasteiger partial charge in [0, 0.05) is 18.7 Å². The Bertz CT molecular complexity index is 1300. The molecule has 0 radical (unpaired) electrons. The van der Waals surface area contributed by atoms with Crippen LogP contribution in [-0.4, -0.2) is 46.7 Å². The highest BCUT2D eigenvalue weighted by Crippen LogP contribution is 2.28. The van der Waals surface area contributed by atoms with Gasteiger partial charge in [0.1, 0.15) is 5.82 Å². The lowest BCUT2D eigenvalue weighted by Gasteiger charge is -2.14. The Kier molecular flexibility index (Phi) is 9.21. The summed E-state index contributed by atoms with van der Waals surface area (Å²) >= 11 is 1.41. The second-order valence-corrected chi connectivity index (χ2v) is 9.85. The third-order valence-corrected chi connectivity index (χ3v) is 7.05. The lowest BCUT2D eigenvalue weighted by molar-refractivity contribution is -0.120. The van der Waals surface area contributed by atoms with Crippen LogP contribution in [0.3, 0.4) is 0 Å². The fraction of sp³-hybridized carbons (Fsp3) is 0.276. The average molecular weight is 517 g/mol. The molecule has 37 heavy (non-hydrogen) atoms. The third kappa shape index (κ3) is 6.92. The van der Waals surface area contributed by atoms with Gasteiger partial charge in [-0.3, -0.25) is 9.36 Å². The number of rotatable bonds is 12. The van der Waals surface area contributed by atoms with Gasteiger partial charge in [-0.05, 0) is 55.2 Å². The van der Waals surface area contributed by atoms with E-state index in [4.69, 9.17) is 9.47 Å². The minimum atomic E-state index is -0.334. The summed E-state index contributed by atoms with van der Waals surface area (Å²) in [6, 6.07) is 26.2. The SMILES string of the molecule is COc1ccc(CCNC(=O)[C@@H](C)Sc2nnc(CCc3ccccc3)n2-c2ccccc2)cc1OC. The fourth-order valence-corrected chi connectivity index (χ4v) is 4.91. The van der Waals surface area contributed by atoms with Crippen molar-refractivity contribution in [3.05, 3.63) is 95.8 Å². The smallest absolute Gasteiger partial charge is 0.233 e. The van der Waals surface area contributed by atoms with Crippen LogP contribution < -0.4 is 14.8 Å². The maximum atomic E-state index is 12.9. The molecule has 0 bridgehead atoms. The molecule has 0 spiro atoms. The van der Waals surface area contributed by atoms with Crippen molar-refractivity contribution in [2.45, 2.75) is 36.6 Å². The van der Waals surface area contributed by atoms with Crippen molar-refractivity contribution in [3.63, 3.8) is 0 Å². The van der Waals surface area contributed by atoms with Crippen LogP contribution in [0.5, 0.6) is 11.5 Å². The van der Waals surface area contributed by atoms with E-state index in [2.05, 4.69) is 32.2 Å². The fourth-order valence-electron chi connectivity index (χ4n) is 4.00. The van der Waals surface area contributed by atoms with Crippen LogP contribution in [0, 0.1) is 0 Å². The Labute approximate surface area is 222 Å². The van der Waals surface area contributed by atoms with E-state index in [0.717, 1.165) is 29.9 Å². The van der Waals surface area contributed by atoms with Crippen molar-refractivity contribution in [1.82, 2.24) is 20.1 Å². The molecule has 4 rings (SSSR count). The van der Waals surface area contributed by atoms with Gasteiger partial charge in [0.05, 0.1) is 19.5 Å². The lowest BCUT2D eigenvalue weighted by Crippen LogP contribution is -2.32. The van der Waals surface area contributed by atoms with Gasteiger partial charge in [0.15, 0.2) is 16.7 Å². The van der Waals surface area contributed by atoms with Crippen molar-refractivity contribution in [1.29, 1.82) is 0 Å². The Morgan fingerprint density at radius 1 is 0.865 bits per heavy atom. The first-order valence-electron chi connectivity index (χ1n) is 12.3. The van der Waals surface area contributed by atoms with E-state index in [-0.39, 0.29) is 11.2 Å². The zero-order chi connectivity index (χ0) is 26.0. The summed E-state index contributed by atoms with van der Waals surface area (Å²) in [5, 5.41) is 12.4. The summed E-state index contributed by atoms with van der Waals surface area (Å²) in [6.45, 7) is 2.41. The molecule has 1 atom stereocenters. The normalized spacial score (nSPS) is 11.6. The average Bonchev–Trinajstić information content (AvgIpc) is 3.34. The molecule has 1 N–H and O–H groups in total. The molecular formula is C29H32N4O3S. The van der Waals surface area contributed by atoms with Crippen LogP contribution >= 0.6 is 11.8 Å². The first kappa shape index (κ1) is 26.3. The van der Waals surface area contributed by atoms with Crippen molar-refractivity contribution < 1.29 is 14.3 Å². The maximum absolute atomic E-state index is 12.9. The van der Waals surface area contributed by atoms with E-state index in [1.807, 2.05) is 73.7 Å². The third-order valence-electron chi connectivity index (χ3n) is 6.01. The second-order valence-electron chi connectivity index (χ2n) is 8.55. The number of hydrogen-bond donors (Lipinski definition) is 1. The van der Waals surface area contributed by atoms with E-state index in [9.17, 15) is 4.79 Å². The number of amides is 1. The summed E-state index contributed by atoms with van der Waals surface area (Å²) in [6.07, 6.45) is 2.30. The van der Waals surface area contributed by atoms with Gasteiger partial charge in [-0.15, -0.1) is 10.2 Å². The lowest BCUT2D eigenvalue weighted by atomic mass is 10.1. The Morgan fingerprint density at radius 2 is 1.57 bits per heavy atom. The maximum Gasteiger partial charge on any atom is 0.233 e. The molecule has 0 saturated carbocycles. The highest BCUT2D eigenvalue weighted by Gasteiger charge is 2.21. The van der Waals surface area contributed by atoms with Gasteiger partial charge < -0.3 is 14.8 Å². The Morgan fingerprint density at radius 3 is 2.27 bits per heavy atom. The number of aromatic nitrogens is 3. The summed E-state index contributed by atoms with van der Waals surface area (Å²) in [7, 11) is 3.23. The minimum Gasteiger partial charge on any atom is -0.493 e. The first-order chi connectivity index (χ1) is 18.1. The highest BCUT2D eigenvalue weighted by molar-refractivity contribution is 8.00. The standard InChI is InChI=1S/C29H32N4O3S/c1-21(28(34)30-19-18-23-14-16-25(35-2)26(20-23)36-3)37-29-32-31-27(17-15-22-10-6-4-7-11-22)33(29)24-12-8-5-9-13-24/h4-14,16,20-21H,15,17-19H2,1-3H3,(H,30,34)/t21-/m1/s1. The predicted octanol–water partition coefficient (Wildman–Crippen LogP) is 4.91. The summed E-state index contributed by atoms with van der Waals surface area (Å²) in [5.41, 5.74) is 3.30. The van der Waals surface area contributed by atoms with Crippen molar-refractivity contribution in [2.75, 3.05) is 20.8 Å². The van der Waals surface area contributed by atoms with Crippen LogP contribution in [0.1, 0.15) is 23.9 Å². The van der Waals surface area contributed by atoms with Crippen molar-refractivity contribution >= 4 is 17.7 Å². The van der Waals surface area contributed by atoms with Crippen LogP contribution in [0.4, 0.5) is 0 Å². The van der Waals surface area contributed by atoms with Gasteiger partial charge in [0.2, 0.25) is 5.91 Å². The number of methoxy groups -OCH3 is 2. The van der Waals surface area contributed by atoms with Gasteiger partial charge in [0.25, 0.3) is 0 Å². The molecule has 4 aromatic rings. The number of benzene rings is 3. The number of ether oxygens (including phenoxy) is 2. The molecule has 0 aliphatic rings. The van der Waals surface area contributed by atoms with E-state index in [1.54, 1.807) is 14.2 Å². The van der Waals surface area contributed by atoms with Gasteiger partial charge in [-0.1, -0.05) is 66.4 Å². The molecular weight excluding hydrogens is 484 g/mol. The number of nitrogens with zero attached hydrogens (tertiary/aromatic N) is 3. The zero-order valence-electron chi connectivity index (χ0n) is 21.4. The number of carbonyl (C=O) groups excluding carboxylic acids is 1. The number of carbonyl (C=O) groups is 1. The van der Waals surface area contributed by atoms with Crippen molar-refractivity contribution in [3.8, 4) is 17.2 Å². The number of hydrogen-bond acceptors (Lipinski definition) is 6. The number of para-hydroxylation sites is 1. The second kappa shape index (κ2) is 13.0. The summed E-state index contributed by atoms with van der Waals surface area (Å²) < 4.78 is 12.7. The molecule has 0 aliphatic carbocycles. The van der Waals surface area contributed by atoms with Gasteiger partial charge >= 0.3 is 0 Å². The summed E-state index contributed by atoms with van der Waals surface area (Å²) in [5.74, 6) is 2.20. The van der Waals surface area contributed by atoms with Crippen LogP contribution in [-0.2, 0) is 24.1 Å². The predicted molar refractivity (Wildman–Crippen MR) is 147 cm³/mol. The molecule has 8 heteroatoms. The molecule has 0 fully saturated rings. The Balaban J connectivity index is 1.40. The minimum absolute atomic E-state index is 0.0427. The van der Waals surface area contributed by atoms with Crippen LogP contribution in [0.25, 0.3) is 5.69 Å². The van der Waals surface area contributed by atoms with E-state index in [0.29, 0.717) is 29.6 Å². The van der Waals surface area contributed by atoms with Crippen LogP contribution in [0.15, 0.2) is 84.0 Å². The molecule has 0 saturated heterocycles. The molecule has 1 aromatic heterocycles. The molecule has 3 aromatic carbocycles. The molecule has 1 heterocycles. The number of thioether (sulfide) groups is 1. The van der Waals surface area contributed by atoms with E-state index in [1.165, 1.54) is 17.3 Å². The van der Waals surface area contributed by atoms with Crippen molar-refractivity contribution in [2.24, 2.45) is 0 Å². The molecule has 7 nitrogen and oxygen atoms in total. The van der Waals surface area contributed by atoms with Gasteiger partial charge in [-0.2, -0.15) is 0 Å². The monoisotopic (exact) mass is 516 g/mol. The molecule has 1 amide bonds. The quantitative estimate of drug-likeness (QED) is 0.270. The first-order valence-corrected chi connectivity index (χ1v) is 13.2.